The van der Waals surface area contributed by atoms with Crippen molar-refractivity contribution in [2.45, 2.75) is 6.42 Å². The first-order valence-electron chi connectivity index (χ1n) is 5.11. The Bertz CT molecular complexity index is 438. The van der Waals surface area contributed by atoms with Crippen LogP contribution in [0, 0.1) is 0 Å². The summed E-state index contributed by atoms with van der Waals surface area (Å²) in [6.45, 7) is 1.01. The Labute approximate surface area is 95.3 Å². The van der Waals surface area contributed by atoms with Crippen molar-refractivity contribution in [3.63, 3.8) is 0 Å². The van der Waals surface area contributed by atoms with Gasteiger partial charge in [-0.05, 0) is 24.3 Å². The molecule has 0 fully saturated rings. The fraction of sp³-hybridized carbons (Fsp3) is 0.333. The summed E-state index contributed by atoms with van der Waals surface area (Å²) in [7, 11) is 2.08. The lowest BCUT2D eigenvalue weighted by Crippen LogP contribution is -2.18. The lowest BCUT2D eigenvalue weighted by molar-refractivity contribution is 0.614. The van der Waals surface area contributed by atoms with Gasteiger partial charge in [0.2, 0.25) is 0 Å². The third-order valence-corrected chi connectivity index (χ3v) is 2.84. The van der Waals surface area contributed by atoms with E-state index >= 15 is 0 Å². The predicted octanol–water partition coefficient (Wildman–Crippen LogP) is 3.19. The van der Waals surface area contributed by atoms with Crippen molar-refractivity contribution in [2.75, 3.05) is 24.2 Å². The Hall–Kier alpha value is -1.09. The second kappa shape index (κ2) is 4.62. The van der Waals surface area contributed by atoms with Gasteiger partial charge in [0, 0.05) is 19.0 Å². The van der Waals surface area contributed by atoms with Crippen LogP contribution in [-0.2, 0) is 0 Å². The van der Waals surface area contributed by atoms with Gasteiger partial charge in [0.05, 0.1) is 5.69 Å². The molecule has 0 spiro atoms. The molecule has 80 valence electrons. The molecule has 3 heteroatoms. The van der Waals surface area contributed by atoms with Gasteiger partial charge in [-0.1, -0.05) is 12.1 Å². The van der Waals surface area contributed by atoms with Crippen LogP contribution in [0.3, 0.4) is 0 Å². The average molecular weight is 221 g/mol. The number of fused-ring (bicyclic) bond motifs is 1. The Kier molecular flexibility index (Phi) is 3.21. The smallest absolute Gasteiger partial charge is 0.136 e. The molecule has 0 bridgehead atoms. The van der Waals surface area contributed by atoms with Crippen molar-refractivity contribution in [2.24, 2.45) is 0 Å². The summed E-state index contributed by atoms with van der Waals surface area (Å²) < 4.78 is 5.49. The van der Waals surface area contributed by atoms with Crippen LogP contribution in [0.5, 0.6) is 0 Å². The van der Waals surface area contributed by atoms with Crippen molar-refractivity contribution in [1.82, 2.24) is 0 Å². The normalized spacial score (nSPS) is 10.8. The molecule has 0 N–H and O–H groups in total. The van der Waals surface area contributed by atoms with Gasteiger partial charge in [0.1, 0.15) is 11.8 Å². The van der Waals surface area contributed by atoms with Crippen molar-refractivity contribution in [3.8, 4) is 0 Å². The second-order valence-corrected chi connectivity index (χ2v) is 4.06. The van der Waals surface area contributed by atoms with Crippen molar-refractivity contribution in [3.05, 3.63) is 30.5 Å². The van der Waals surface area contributed by atoms with Crippen LogP contribution in [0.4, 0.5) is 5.69 Å². The average Bonchev–Trinajstić information content (AvgIpc) is 2.69. The summed E-state index contributed by atoms with van der Waals surface area (Å²) in [4.78, 5) is 2.21. The Morgan fingerprint density at radius 2 is 2.13 bits per heavy atom. The van der Waals surface area contributed by atoms with Crippen LogP contribution in [0.2, 0.25) is 0 Å². The minimum Gasteiger partial charge on any atom is -0.462 e. The first kappa shape index (κ1) is 10.4. The van der Waals surface area contributed by atoms with E-state index in [2.05, 4.69) is 30.6 Å². The van der Waals surface area contributed by atoms with Gasteiger partial charge in [-0.2, -0.15) is 12.6 Å². The van der Waals surface area contributed by atoms with E-state index in [9.17, 15) is 0 Å². The van der Waals surface area contributed by atoms with Gasteiger partial charge in [0.15, 0.2) is 0 Å². The number of benzene rings is 1. The summed E-state index contributed by atoms with van der Waals surface area (Å²) in [6.07, 6.45) is 2.91. The van der Waals surface area contributed by atoms with E-state index in [1.807, 2.05) is 24.5 Å². The molecule has 0 aliphatic heterocycles. The van der Waals surface area contributed by atoms with Gasteiger partial charge in [0.25, 0.3) is 0 Å². The van der Waals surface area contributed by atoms with Gasteiger partial charge in [-0.25, -0.2) is 0 Å². The fourth-order valence-electron chi connectivity index (χ4n) is 1.69. The molecule has 1 aromatic carbocycles. The first-order chi connectivity index (χ1) is 7.33. The monoisotopic (exact) mass is 221 g/mol. The van der Waals surface area contributed by atoms with Crippen molar-refractivity contribution in [1.29, 1.82) is 0 Å². The predicted molar refractivity (Wildman–Crippen MR) is 68.0 cm³/mol. The summed E-state index contributed by atoms with van der Waals surface area (Å²) >= 11 is 4.22. The van der Waals surface area contributed by atoms with Gasteiger partial charge in [-0.3, -0.25) is 0 Å². The molecule has 0 aliphatic rings. The number of thiol groups is 1. The summed E-state index contributed by atoms with van der Waals surface area (Å²) in [5.41, 5.74) is 2.11. The van der Waals surface area contributed by atoms with Crippen molar-refractivity contribution >= 4 is 29.3 Å². The number of hydrogen-bond acceptors (Lipinski definition) is 3. The van der Waals surface area contributed by atoms with E-state index in [1.165, 1.54) is 5.39 Å². The highest BCUT2D eigenvalue weighted by atomic mass is 32.1. The van der Waals surface area contributed by atoms with Crippen LogP contribution in [0.25, 0.3) is 11.0 Å². The third-order valence-electron chi connectivity index (χ3n) is 2.52. The molecule has 1 aromatic heterocycles. The Morgan fingerprint density at radius 3 is 2.93 bits per heavy atom. The van der Waals surface area contributed by atoms with E-state index in [4.69, 9.17) is 4.42 Å². The number of para-hydroxylation sites is 1. The van der Waals surface area contributed by atoms with Gasteiger partial charge < -0.3 is 9.32 Å². The summed E-state index contributed by atoms with van der Waals surface area (Å²) in [5, 5.41) is 1.18. The molecular weight excluding hydrogens is 206 g/mol. The van der Waals surface area contributed by atoms with E-state index in [1.54, 1.807) is 0 Å². The fourth-order valence-corrected chi connectivity index (χ4v) is 1.83. The van der Waals surface area contributed by atoms with E-state index in [-0.39, 0.29) is 0 Å². The van der Waals surface area contributed by atoms with Crippen LogP contribution in [0.1, 0.15) is 6.42 Å². The van der Waals surface area contributed by atoms with Gasteiger partial charge in [-0.15, -0.1) is 0 Å². The molecule has 2 rings (SSSR count). The van der Waals surface area contributed by atoms with Crippen LogP contribution >= 0.6 is 12.6 Å². The Balaban J connectivity index is 2.27. The minimum atomic E-state index is 0.917. The first-order valence-corrected chi connectivity index (χ1v) is 5.74. The number of rotatable bonds is 4. The molecule has 2 nitrogen and oxygen atoms in total. The molecule has 0 unspecified atom stereocenters. The van der Waals surface area contributed by atoms with E-state index in [0.29, 0.717) is 0 Å². The molecule has 0 saturated carbocycles. The maximum absolute atomic E-state index is 5.49. The van der Waals surface area contributed by atoms with Crippen LogP contribution in [0.15, 0.2) is 34.9 Å². The zero-order valence-corrected chi connectivity index (χ0v) is 9.71. The second-order valence-electron chi connectivity index (χ2n) is 3.62. The summed E-state index contributed by atoms with van der Waals surface area (Å²) in [5.74, 6) is 0.917. The third kappa shape index (κ3) is 2.12. The lowest BCUT2D eigenvalue weighted by Gasteiger charge is -2.16. The van der Waals surface area contributed by atoms with Crippen LogP contribution < -0.4 is 4.90 Å². The molecular formula is C12H15NOS. The highest BCUT2D eigenvalue weighted by Crippen LogP contribution is 2.27. The van der Waals surface area contributed by atoms with E-state index in [0.717, 1.165) is 30.0 Å². The van der Waals surface area contributed by atoms with E-state index < -0.39 is 0 Å². The number of furan rings is 1. The number of nitrogens with zero attached hydrogens (tertiary/aromatic N) is 1. The number of hydrogen-bond donors (Lipinski definition) is 1. The topological polar surface area (TPSA) is 16.4 Å². The minimum absolute atomic E-state index is 0.917. The standard InChI is InChI=1S/C12H15NOS/c1-13(7-4-8-15)11-9-14-12-6-3-2-5-10(11)12/h2-3,5-6,9,15H,4,7-8H2,1H3. The molecule has 2 aromatic rings. The zero-order chi connectivity index (χ0) is 10.7. The number of anilines is 1. The largest absolute Gasteiger partial charge is 0.462 e. The Morgan fingerprint density at radius 1 is 1.33 bits per heavy atom. The molecule has 0 amide bonds. The molecule has 1 heterocycles. The maximum Gasteiger partial charge on any atom is 0.136 e. The SMILES string of the molecule is CN(CCCS)c1coc2ccccc12. The van der Waals surface area contributed by atoms with Gasteiger partial charge >= 0.3 is 0 Å². The maximum atomic E-state index is 5.49. The molecule has 15 heavy (non-hydrogen) atoms. The summed E-state index contributed by atoms with van der Waals surface area (Å²) in [6, 6.07) is 8.10. The zero-order valence-electron chi connectivity index (χ0n) is 8.81. The lowest BCUT2D eigenvalue weighted by atomic mass is 10.2. The molecule has 0 aliphatic carbocycles. The van der Waals surface area contributed by atoms with Crippen molar-refractivity contribution < 1.29 is 4.42 Å². The molecule has 0 saturated heterocycles. The van der Waals surface area contributed by atoms with Crippen LogP contribution in [-0.4, -0.2) is 19.3 Å². The highest BCUT2D eigenvalue weighted by Gasteiger charge is 2.08. The molecule has 0 radical (unpaired) electrons. The highest BCUT2D eigenvalue weighted by molar-refractivity contribution is 7.80. The quantitative estimate of drug-likeness (QED) is 0.798. The molecule has 0 atom stereocenters.